The second-order valence-corrected chi connectivity index (χ2v) is 9.68. The van der Waals surface area contributed by atoms with E-state index in [4.69, 9.17) is 11.6 Å². The topological polar surface area (TPSA) is 23.6 Å². The van der Waals surface area contributed by atoms with Crippen molar-refractivity contribution in [1.29, 1.82) is 0 Å². The van der Waals surface area contributed by atoms with Crippen LogP contribution in [0.3, 0.4) is 0 Å². The normalized spacial score (nSPS) is 14.1. The Hall–Kier alpha value is -2.88. The third-order valence-corrected chi connectivity index (χ3v) is 7.30. The maximum absolute atomic E-state index is 12.8. The number of piperidine rings is 1. The SMILES string of the molecule is CCN(CC)C(=O)c1ccc(C(=C2CCN(Cc3ccc(C)cc3Cl)CC2)c2ccccc2)cc1. The largest absolute Gasteiger partial charge is 0.339 e. The number of amides is 1. The van der Waals surface area contributed by atoms with Crippen LogP contribution in [0.2, 0.25) is 5.02 Å². The molecule has 4 rings (SSSR count). The van der Waals surface area contributed by atoms with E-state index in [1.165, 1.54) is 33.4 Å². The summed E-state index contributed by atoms with van der Waals surface area (Å²) < 4.78 is 0. The Labute approximate surface area is 215 Å². The first kappa shape index (κ1) is 25.2. The second kappa shape index (κ2) is 11.7. The van der Waals surface area contributed by atoms with Gasteiger partial charge in [-0.05, 0) is 79.6 Å². The molecular weight excluding hydrogens is 452 g/mol. The Morgan fingerprint density at radius 2 is 1.46 bits per heavy atom. The first-order chi connectivity index (χ1) is 17.0. The first-order valence-corrected chi connectivity index (χ1v) is 13.0. The molecule has 4 heteroatoms. The molecule has 1 saturated heterocycles. The molecule has 3 aromatic carbocycles. The van der Waals surface area contributed by atoms with Crippen LogP contribution in [0, 0.1) is 6.92 Å². The molecule has 3 aromatic rings. The predicted octanol–water partition coefficient (Wildman–Crippen LogP) is 7.23. The number of rotatable bonds is 7. The molecule has 0 radical (unpaired) electrons. The molecule has 0 saturated carbocycles. The van der Waals surface area contributed by atoms with Gasteiger partial charge in [0.1, 0.15) is 0 Å². The van der Waals surface area contributed by atoms with E-state index in [9.17, 15) is 4.79 Å². The minimum absolute atomic E-state index is 0.0959. The molecular formula is C31H35ClN2O. The zero-order valence-corrected chi connectivity index (χ0v) is 21.8. The van der Waals surface area contributed by atoms with E-state index in [0.717, 1.165) is 56.2 Å². The number of carbonyl (C=O) groups is 1. The highest BCUT2D eigenvalue weighted by Crippen LogP contribution is 2.33. The maximum atomic E-state index is 12.8. The fourth-order valence-electron chi connectivity index (χ4n) is 4.91. The molecule has 0 bridgehead atoms. The summed E-state index contributed by atoms with van der Waals surface area (Å²) in [5.41, 5.74) is 8.34. The highest BCUT2D eigenvalue weighted by molar-refractivity contribution is 6.31. The monoisotopic (exact) mass is 486 g/mol. The molecule has 3 nitrogen and oxygen atoms in total. The molecule has 0 aliphatic carbocycles. The van der Waals surface area contributed by atoms with E-state index in [1.54, 1.807) is 0 Å². The highest BCUT2D eigenvalue weighted by atomic mass is 35.5. The van der Waals surface area contributed by atoms with Gasteiger partial charge in [-0.2, -0.15) is 0 Å². The van der Waals surface area contributed by atoms with Gasteiger partial charge in [0.25, 0.3) is 5.91 Å². The summed E-state index contributed by atoms with van der Waals surface area (Å²) in [7, 11) is 0. The summed E-state index contributed by atoms with van der Waals surface area (Å²) in [4.78, 5) is 17.1. The van der Waals surface area contributed by atoms with Crippen LogP contribution in [-0.4, -0.2) is 41.9 Å². The fraction of sp³-hybridized carbons (Fsp3) is 0.323. The molecule has 1 aliphatic rings. The van der Waals surface area contributed by atoms with Crippen molar-refractivity contribution >= 4 is 23.1 Å². The van der Waals surface area contributed by atoms with Gasteiger partial charge < -0.3 is 4.90 Å². The number of carbonyl (C=O) groups excluding carboxylic acids is 1. The van der Waals surface area contributed by atoms with E-state index in [0.29, 0.717) is 0 Å². The van der Waals surface area contributed by atoms with Gasteiger partial charge in [0.2, 0.25) is 0 Å². The lowest BCUT2D eigenvalue weighted by molar-refractivity contribution is 0.0773. The van der Waals surface area contributed by atoms with E-state index in [1.807, 2.05) is 36.9 Å². The van der Waals surface area contributed by atoms with Crippen LogP contribution in [0.5, 0.6) is 0 Å². The second-order valence-electron chi connectivity index (χ2n) is 9.27. The van der Waals surface area contributed by atoms with Gasteiger partial charge in [0, 0.05) is 43.3 Å². The zero-order valence-electron chi connectivity index (χ0n) is 21.1. The van der Waals surface area contributed by atoms with Crippen LogP contribution in [0.1, 0.15) is 59.3 Å². The van der Waals surface area contributed by atoms with E-state index < -0.39 is 0 Å². The summed E-state index contributed by atoms with van der Waals surface area (Å²) in [6.45, 7) is 10.5. The molecule has 0 spiro atoms. The van der Waals surface area contributed by atoms with Gasteiger partial charge in [0.05, 0.1) is 0 Å². The number of halogens is 1. The maximum Gasteiger partial charge on any atom is 0.253 e. The summed E-state index contributed by atoms with van der Waals surface area (Å²) in [5.74, 6) is 0.0959. The van der Waals surface area contributed by atoms with Crippen LogP contribution in [0.15, 0.2) is 78.4 Å². The number of hydrogen-bond acceptors (Lipinski definition) is 2. The molecule has 0 unspecified atom stereocenters. The van der Waals surface area contributed by atoms with Crippen LogP contribution in [0.25, 0.3) is 5.57 Å². The van der Waals surface area contributed by atoms with Crippen molar-refractivity contribution in [3.8, 4) is 0 Å². The lowest BCUT2D eigenvalue weighted by Crippen LogP contribution is -2.31. The molecule has 35 heavy (non-hydrogen) atoms. The van der Waals surface area contributed by atoms with Gasteiger partial charge >= 0.3 is 0 Å². The third kappa shape index (κ3) is 6.04. The van der Waals surface area contributed by atoms with Gasteiger partial charge in [-0.3, -0.25) is 9.69 Å². The lowest BCUT2D eigenvalue weighted by Gasteiger charge is -2.30. The van der Waals surface area contributed by atoms with Crippen molar-refractivity contribution in [2.45, 2.75) is 40.2 Å². The van der Waals surface area contributed by atoms with Crippen LogP contribution in [-0.2, 0) is 6.54 Å². The quantitative estimate of drug-likeness (QED) is 0.351. The van der Waals surface area contributed by atoms with Crippen molar-refractivity contribution in [2.75, 3.05) is 26.2 Å². The number of benzene rings is 3. The van der Waals surface area contributed by atoms with E-state index in [-0.39, 0.29) is 5.91 Å². The van der Waals surface area contributed by atoms with Crippen LogP contribution >= 0.6 is 11.6 Å². The van der Waals surface area contributed by atoms with Crippen LogP contribution in [0.4, 0.5) is 0 Å². The van der Waals surface area contributed by atoms with E-state index >= 15 is 0 Å². The highest BCUT2D eigenvalue weighted by Gasteiger charge is 2.20. The number of likely N-dealkylation sites (tertiary alicyclic amines) is 1. The zero-order chi connectivity index (χ0) is 24.8. The molecule has 182 valence electrons. The Kier molecular flexibility index (Phi) is 8.43. The molecule has 0 atom stereocenters. The Bertz CT molecular complexity index is 1170. The minimum atomic E-state index is 0.0959. The van der Waals surface area contributed by atoms with Gasteiger partial charge in [-0.15, -0.1) is 0 Å². The summed E-state index contributed by atoms with van der Waals surface area (Å²) in [6, 6.07) is 25.2. The lowest BCUT2D eigenvalue weighted by atomic mass is 9.88. The van der Waals surface area contributed by atoms with Crippen molar-refractivity contribution in [3.05, 3.63) is 111 Å². The first-order valence-electron chi connectivity index (χ1n) is 12.6. The van der Waals surface area contributed by atoms with Crippen molar-refractivity contribution in [1.82, 2.24) is 9.80 Å². The minimum Gasteiger partial charge on any atom is -0.339 e. The average molecular weight is 487 g/mol. The Morgan fingerprint density at radius 1 is 0.857 bits per heavy atom. The average Bonchev–Trinajstić information content (AvgIpc) is 2.88. The number of nitrogens with zero attached hydrogens (tertiary/aromatic N) is 2. The molecule has 0 aromatic heterocycles. The van der Waals surface area contributed by atoms with Crippen LogP contribution < -0.4 is 0 Å². The summed E-state index contributed by atoms with van der Waals surface area (Å²) in [6.07, 6.45) is 2.04. The van der Waals surface area contributed by atoms with Gasteiger partial charge in [0.15, 0.2) is 0 Å². The molecule has 1 heterocycles. The smallest absolute Gasteiger partial charge is 0.253 e. The molecule has 1 amide bonds. The predicted molar refractivity (Wildman–Crippen MR) is 147 cm³/mol. The Balaban J connectivity index is 1.57. The Morgan fingerprint density at radius 3 is 2.06 bits per heavy atom. The van der Waals surface area contributed by atoms with Crippen molar-refractivity contribution in [2.24, 2.45) is 0 Å². The summed E-state index contributed by atoms with van der Waals surface area (Å²) >= 11 is 6.50. The third-order valence-electron chi connectivity index (χ3n) is 6.95. The summed E-state index contributed by atoms with van der Waals surface area (Å²) in [5, 5.41) is 0.857. The van der Waals surface area contributed by atoms with Gasteiger partial charge in [-0.25, -0.2) is 0 Å². The molecule has 0 N–H and O–H groups in total. The van der Waals surface area contributed by atoms with Crippen molar-refractivity contribution in [3.63, 3.8) is 0 Å². The standard InChI is InChI=1S/C31H35ClN2O/c1-4-34(5-2)31(35)27-15-13-25(14-16-27)30(24-9-7-6-8-10-24)26-17-19-33(20-18-26)22-28-12-11-23(3)21-29(28)32/h6-16,21H,4-5,17-20,22H2,1-3H3. The van der Waals surface area contributed by atoms with E-state index in [2.05, 4.69) is 66.4 Å². The van der Waals surface area contributed by atoms with Crippen molar-refractivity contribution < 1.29 is 4.79 Å². The molecule has 1 fully saturated rings. The number of hydrogen-bond donors (Lipinski definition) is 0. The number of aryl methyl sites for hydroxylation is 1. The molecule has 1 aliphatic heterocycles. The fourth-order valence-corrected chi connectivity index (χ4v) is 5.20. The van der Waals surface area contributed by atoms with Gasteiger partial charge in [-0.1, -0.05) is 71.8 Å².